The number of halogens is 1. The number of aromatic amines is 1. The van der Waals surface area contributed by atoms with E-state index < -0.39 is 0 Å². The number of aromatic nitrogens is 1. The molecule has 0 aromatic carbocycles. The van der Waals surface area contributed by atoms with Gasteiger partial charge in [-0.05, 0) is 54.3 Å². The standard InChI is InChI=1S/C13H20BrN3O2/c14-10-8-12(17-9-10)13(18)16-4-1-7-19-11-2-5-15-6-3-11/h8-9,11,15,17H,1-7H2,(H,16,18). The van der Waals surface area contributed by atoms with Gasteiger partial charge in [0.15, 0.2) is 0 Å². The monoisotopic (exact) mass is 329 g/mol. The third-order valence-corrected chi connectivity index (χ3v) is 3.60. The van der Waals surface area contributed by atoms with Crippen LogP contribution in [0.1, 0.15) is 29.8 Å². The van der Waals surface area contributed by atoms with Crippen LogP contribution in [0, 0.1) is 0 Å². The van der Waals surface area contributed by atoms with Crippen molar-refractivity contribution in [3.8, 4) is 0 Å². The molecule has 0 bridgehead atoms. The molecule has 0 aliphatic carbocycles. The molecule has 3 N–H and O–H groups in total. The normalized spacial score (nSPS) is 16.5. The predicted octanol–water partition coefficient (Wildman–Crippen LogP) is 1.67. The molecule has 106 valence electrons. The Bertz CT molecular complexity index is 402. The van der Waals surface area contributed by atoms with Crippen LogP contribution in [0.4, 0.5) is 0 Å². The first-order valence-electron chi connectivity index (χ1n) is 6.70. The van der Waals surface area contributed by atoms with Crippen molar-refractivity contribution in [1.82, 2.24) is 15.6 Å². The Balaban J connectivity index is 1.55. The van der Waals surface area contributed by atoms with E-state index in [9.17, 15) is 4.79 Å². The zero-order chi connectivity index (χ0) is 13.5. The molecule has 0 saturated carbocycles. The fourth-order valence-corrected chi connectivity index (χ4v) is 2.42. The minimum atomic E-state index is -0.0763. The van der Waals surface area contributed by atoms with E-state index in [1.807, 2.05) is 0 Å². The van der Waals surface area contributed by atoms with Crippen LogP contribution < -0.4 is 10.6 Å². The molecule has 6 heteroatoms. The molecule has 1 amide bonds. The number of rotatable bonds is 6. The first-order chi connectivity index (χ1) is 9.25. The van der Waals surface area contributed by atoms with E-state index in [-0.39, 0.29) is 5.91 Å². The summed E-state index contributed by atoms with van der Waals surface area (Å²) < 4.78 is 6.65. The maximum atomic E-state index is 11.7. The molecule has 5 nitrogen and oxygen atoms in total. The molecular weight excluding hydrogens is 310 g/mol. The van der Waals surface area contributed by atoms with Crippen molar-refractivity contribution in [2.75, 3.05) is 26.2 Å². The summed E-state index contributed by atoms with van der Waals surface area (Å²) in [6, 6.07) is 1.76. The molecule has 2 rings (SSSR count). The van der Waals surface area contributed by atoms with Crippen LogP contribution in [0.15, 0.2) is 16.7 Å². The highest BCUT2D eigenvalue weighted by Crippen LogP contribution is 2.10. The van der Waals surface area contributed by atoms with Gasteiger partial charge < -0.3 is 20.4 Å². The van der Waals surface area contributed by atoms with Gasteiger partial charge in [-0.15, -0.1) is 0 Å². The van der Waals surface area contributed by atoms with Crippen LogP contribution in [0.25, 0.3) is 0 Å². The van der Waals surface area contributed by atoms with Gasteiger partial charge >= 0.3 is 0 Å². The molecule has 1 aromatic rings. The highest BCUT2D eigenvalue weighted by atomic mass is 79.9. The summed E-state index contributed by atoms with van der Waals surface area (Å²) in [5.41, 5.74) is 0.575. The van der Waals surface area contributed by atoms with Crippen LogP contribution in [0.3, 0.4) is 0 Å². The average Bonchev–Trinajstić information content (AvgIpc) is 2.86. The van der Waals surface area contributed by atoms with Gasteiger partial charge in [-0.25, -0.2) is 0 Å². The molecule has 0 atom stereocenters. The van der Waals surface area contributed by atoms with Crippen LogP contribution in [0.2, 0.25) is 0 Å². The van der Waals surface area contributed by atoms with Gasteiger partial charge in [0.1, 0.15) is 5.69 Å². The Hall–Kier alpha value is -0.850. The van der Waals surface area contributed by atoms with Crippen molar-refractivity contribution in [3.05, 3.63) is 22.4 Å². The second-order valence-electron chi connectivity index (χ2n) is 4.66. The van der Waals surface area contributed by atoms with Crippen molar-refractivity contribution in [1.29, 1.82) is 0 Å². The number of carbonyl (C=O) groups is 1. The number of carbonyl (C=O) groups excluding carboxylic acids is 1. The number of hydrogen-bond acceptors (Lipinski definition) is 3. The van der Waals surface area contributed by atoms with Crippen molar-refractivity contribution in [2.45, 2.75) is 25.4 Å². The third kappa shape index (κ3) is 4.97. The van der Waals surface area contributed by atoms with E-state index in [2.05, 4.69) is 31.5 Å². The maximum absolute atomic E-state index is 11.7. The third-order valence-electron chi connectivity index (χ3n) is 3.14. The fourth-order valence-electron chi connectivity index (χ4n) is 2.08. The van der Waals surface area contributed by atoms with E-state index in [1.54, 1.807) is 12.3 Å². The van der Waals surface area contributed by atoms with Crippen molar-refractivity contribution < 1.29 is 9.53 Å². The highest BCUT2D eigenvalue weighted by molar-refractivity contribution is 9.10. The Morgan fingerprint density at radius 3 is 2.95 bits per heavy atom. The molecule has 1 aliphatic heterocycles. The van der Waals surface area contributed by atoms with Gasteiger partial charge in [0.2, 0.25) is 0 Å². The summed E-state index contributed by atoms with van der Waals surface area (Å²) in [5, 5.41) is 6.17. The van der Waals surface area contributed by atoms with E-state index in [1.165, 1.54) is 0 Å². The fraction of sp³-hybridized carbons (Fsp3) is 0.615. The summed E-state index contributed by atoms with van der Waals surface area (Å²) in [4.78, 5) is 14.6. The van der Waals surface area contributed by atoms with Gasteiger partial charge in [0.05, 0.1) is 6.10 Å². The first kappa shape index (κ1) is 14.6. The average molecular weight is 330 g/mol. The zero-order valence-corrected chi connectivity index (χ0v) is 12.5. The predicted molar refractivity (Wildman–Crippen MR) is 77.3 cm³/mol. The van der Waals surface area contributed by atoms with Crippen molar-refractivity contribution in [3.63, 3.8) is 0 Å². The second-order valence-corrected chi connectivity index (χ2v) is 5.58. The molecule has 1 aliphatic rings. The lowest BCUT2D eigenvalue weighted by atomic mass is 10.1. The van der Waals surface area contributed by atoms with Gasteiger partial charge in [-0.2, -0.15) is 0 Å². The van der Waals surface area contributed by atoms with E-state index in [4.69, 9.17) is 4.74 Å². The van der Waals surface area contributed by atoms with Crippen LogP contribution in [-0.4, -0.2) is 43.2 Å². The Labute approximate surface area is 121 Å². The molecule has 1 fully saturated rings. The smallest absolute Gasteiger partial charge is 0.267 e. The van der Waals surface area contributed by atoms with Crippen LogP contribution in [0.5, 0.6) is 0 Å². The number of H-pyrrole nitrogens is 1. The van der Waals surface area contributed by atoms with Gasteiger partial charge in [-0.3, -0.25) is 4.79 Å². The lowest BCUT2D eigenvalue weighted by molar-refractivity contribution is 0.0317. The molecule has 1 aromatic heterocycles. The number of ether oxygens (including phenoxy) is 1. The SMILES string of the molecule is O=C(NCCCOC1CCNCC1)c1cc(Br)c[nH]1. The van der Waals surface area contributed by atoms with Crippen LogP contribution in [-0.2, 0) is 4.74 Å². The van der Waals surface area contributed by atoms with E-state index in [0.29, 0.717) is 24.9 Å². The molecule has 1 saturated heterocycles. The lowest BCUT2D eigenvalue weighted by Crippen LogP contribution is -2.33. The minimum Gasteiger partial charge on any atom is -0.378 e. The lowest BCUT2D eigenvalue weighted by Gasteiger charge is -2.22. The maximum Gasteiger partial charge on any atom is 0.267 e. The van der Waals surface area contributed by atoms with Crippen LogP contribution >= 0.6 is 15.9 Å². The number of hydrogen-bond donors (Lipinski definition) is 3. The van der Waals surface area contributed by atoms with Crippen molar-refractivity contribution >= 4 is 21.8 Å². The zero-order valence-electron chi connectivity index (χ0n) is 10.9. The highest BCUT2D eigenvalue weighted by Gasteiger charge is 2.12. The van der Waals surface area contributed by atoms with Gasteiger partial charge in [0.25, 0.3) is 5.91 Å². The number of nitrogens with one attached hydrogen (secondary N) is 3. The number of piperidine rings is 1. The first-order valence-corrected chi connectivity index (χ1v) is 7.49. The summed E-state index contributed by atoms with van der Waals surface area (Å²) >= 11 is 3.30. The van der Waals surface area contributed by atoms with Gasteiger partial charge in [-0.1, -0.05) is 0 Å². The summed E-state index contributed by atoms with van der Waals surface area (Å²) in [6.45, 7) is 3.44. The summed E-state index contributed by atoms with van der Waals surface area (Å²) in [7, 11) is 0. The summed E-state index contributed by atoms with van der Waals surface area (Å²) in [6.07, 6.45) is 5.15. The largest absolute Gasteiger partial charge is 0.378 e. The van der Waals surface area contributed by atoms with Gasteiger partial charge in [0, 0.05) is 23.8 Å². The quantitative estimate of drug-likeness (QED) is 0.695. The summed E-state index contributed by atoms with van der Waals surface area (Å²) in [5.74, 6) is -0.0763. The number of amides is 1. The topological polar surface area (TPSA) is 66.2 Å². The molecule has 0 spiro atoms. The molecule has 0 unspecified atom stereocenters. The molecular formula is C13H20BrN3O2. The van der Waals surface area contributed by atoms with E-state index >= 15 is 0 Å². The Morgan fingerprint density at radius 2 is 2.26 bits per heavy atom. The minimum absolute atomic E-state index is 0.0763. The van der Waals surface area contributed by atoms with Crippen molar-refractivity contribution in [2.24, 2.45) is 0 Å². The van der Waals surface area contributed by atoms with E-state index in [0.717, 1.165) is 36.8 Å². The Morgan fingerprint density at radius 1 is 1.47 bits per heavy atom. The molecule has 2 heterocycles. The second kappa shape index (κ2) is 7.67. The Kier molecular flexibility index (Phi) is 5.88. The molecule has 19 heavy (non-hydrogen) atoms. The molecule has 0 radical (unpaired) electrons.